The maximum atomic E-state index is 6.63. The summed E-state index contributed by atoms with van der Waals surface area (Å²) < 4.78 is 0. The third kappa shape index (κ3) is 1.48. The van der Waals surface area contributed by atoms with Crippen molar-refractivity contribution < 1.29 is 0 Å². The summed E-state index contributed by atoms with van der Waals surface area (Å²) in [6.07, 6.45) is 5.93. The number of hydrogen-bond acceptors (Lipinski definition) is 3. The second-order valence-electron chi connectivity index (χ2n) is 4.94. The van der Waals surface area contributed by atoms with E-state index in [4.69, 9.17) is 5.73 Å². The van der Waals surface area contributed by atoms with Crippen molar-refractivity contribution in [2.45, 2.75) is 25.3 Å². The van der Waals surface area contributed by atoms with Crippen molar-refractivity contribution in [3.8, 4) is 0 Å². The topological polar surface area (TPSA) is 38.9 Å². The molecule has 3 rings (SSSR count). The summed E-state index contributed by atoms with van der Waals surface area (Å²) in [7, 11) is 0. The zero-order valence-electron chi connectivity index (χ0n) is 10.6. The normalized spacial score (nSPS) is 28.6. The fourth-order valence-corrected chi connectivity index (χ4v) is 3.70. The van der Waals surface area contributed by atoms with Crippen LogP contribution in [0.3, 0.4) is 0 Å². The molecule has 1 aliphatic rings. The molecule has 2 N–H and O–H groups in total. The quantitative estimate of drug-likeness (QED) is 0.848. The van der Waals surface area contributed by atoms with Crippen LogP contribution in [-0.4, -0.2) is 4.98 Å². The lowest BCUT2D eigenvalue weighted by molar-refractivity contribution is 0.471. The molecule has 0 radical (unpaired) electrons. The molecule has 2 aromatic rings. The van der Waals surface area contributed by atoms with Crippen LogP contribution < -0.4 is 5.73 Å². The molecule has 2 heterocycles. The van der Waals surface area contributed by atoms with Crippen LogP contribution in [0.25, 0.3) is 5.57 Å². The van der Waals surface area contributed by atoms with Crippen molar-refractivity contribution in [3.05, 3.63) is 58.1 Å². The van der Waals surface area contributed by atoms with E-state index in [2.05, 4.69) is 41.7 Å². The highest BCUT2D eigenvalue weighted by Gasteiger charge is 2.44. The number of hydrogen-bond donors (Lipinski definition) is 1. The van der Waals surface area contributed by atoms with Gasteiger partial charge in [-0.15, -0.1) is 0 Å². The standard InChI is InChI=1S/C15H16N2S/c1-3-11-12-8-17-6-4-13(12)15(2,16)14(11)10-5-7-18-9-10/h3-9,14H,16H2,1-2H3/b11-3-/t14-,15+/m1/s1. The first-order valence-corrected chi connectivity index (χ1v) is 7.02. The predicted octanol–water partition coefficient (Wildman–Crippen LogP) is 3.52. The van der Waals surface area contributed by atoms with Gasteiger partial charge >= 0.3 is 0 Å². The Hall–Kier alpha value is -1.45. The van der Waals surface area contributed by atoms with Gasteiger partial charge in [0.25, 0.3) is 0 Å². The van der Waals surface area contributed by atoms with Gasteiger partial charge in [-0.05, 0) is 53.4 Å². The molecule has 0 bridgehead atoms. The first kappa shape index (κ1) is 11.6. The Kier molecular flexibility index (Phi) is 2.61. The third-order valence-corrected chi connectivity index (χ3v) is 4.51. The first-order chi connectivity index (χ1) is 8.66. The Morgan fingerprint density at radius 2 is 2.28 bits per heavy atom. The molecule has 2 aromatic heterocycles. The summed E-state index contributed by atoms with van der Waals surface area (Å²) in [6.45, 7) is 4.19. The molecule has 0 amide bonds. The van der Waals surface area contributed by atoms with Crippen molar-refractivity contribution in [2.75, 3.05) is 0 Å². The minimum Gasteiger partial charge on any atom is -0.321 e. The molecule has 2 nitrogen and oxygen atoms in total. The molecule has 3 heteroatoms. The van der Waals surface area contributed by atoms with Gasteiger partial charge in [-0.25, -0.2) is 0 Å². The van der Waals surface area contributed by atoms with Crippen LogP contribution in [-0.2, 0) is 5.54 Å². The van der Waals surface area contributed by atoms with E-state index in [0.29, 0.717) is 0 Å². The van der Waals surface area contributed by atoms with Gasteiger partial charge in [0, 0.05) is 29.4 Å². The largest absolute Gasteiger partial charge is 0.321 e. The number of allylic oxidation sites excluding steroid dienone is 1. The van der Waals surface area contributed by atoms with Gasteiger partial charge in [0.2, 0.25) is 0 Å². The lowest BCUT2D eigenvalue weighted by Crippen LogP contribution is -2.36. The molecule has 0 saturated heterocycles. The molecule has 0 unspecified atom stereocenters. The van der Waals surface area contributed by atoms with Gasteiger partial charge in [0.1, 0.15) is 0 Å². The lowest BCUT2D eigenvalue weighted by Gasteiger charge is -2.28. The van der Waals surface area contributed by atoms with Gasteiger partial charge in [-0.3, -0.25) is 4.98 Å². The third-order valence-electron chi connectivity index (χ3n) is 3.81. The van der Waals surface area contributed by atoms with Crippen LogP contribution in [0.15, 0.2) is 41.4 Å². The van der Waals surface area contributed by atoms with Crippen molar-refractivity contribution in [1.82, 2.24) is 4.98 Å². The number of nitrogens with two attached hydrogens (primary N) is 1. The fraction of sp³-hybridized carbons (Fsp3) is 0.267. The number of thiophene rings is 1. The summed E-state index contributed by atoms with van der Waals surface area (Å²) in [4.78, 5) is 4.24. The van der Waals surface area contributed by atoms with E-state index in [9.17, 15) is 0 Å². The van der Waals surface area contributed by atoms with E-state index in [0.717, 1.165) is 0 Å². The van der Waals surface area contributed by atoms with Crippen molar-refractivity contribution in [2.24, 2.45) is 5.73 Å². The smallest absolute Gasteiger partial charge is 0.0499 e. The molecule has 0 aromatic carbocycles. The second-order valence-corrected chi connectivity index (χ2v) is 5.72. The maximum Gasteiger partial charge on any atom is 0.0499 e. The maximum absolute atomic E-state index is 6.63. The molecule has 2 atom stereocenters. The molecule has 0 spiro atoms. The minimum atomic E-state index is -0.360. The van der Waals surface area contributed by atoms with E-state index < -0.39 is 0 Å². The molecule has 1 aliphatic carbocycles. The number of fused-ring (bicyclic) bond motifs is 1. The Morgan fingerprint density at radius 3 is 2.94 bits per heavy atom. The first-order valence-electron chi connectivity index (χ1n) is 6.08. The molecular weight excluding hydrogens is 240 g/mol. The minimum absolute atomic E-state index is 0.230. The Balaban J connectivity index is 2.24. The SMILES string of the molecule is C/C=C1/c2cnccc2[C@](C)(N)[C@@H]1c1ccsc1. The van der Waals surface area contributed by atoms with Gasteiger partial charge < -0.3 is 5.73 Å². The Morgan fingerprint density at radius 1 is 1.44 bits per heavy atom. The molecule has 18 heavy (non-hydrogen) atoms. The number of nitrogens with zero attached hydrogens (tertiary/aromatic N) is 1. The van der Waals surface area contributed by atoms with E-state index >= 15 is 0 Å². The Bertz CT molecular complexity index is 597. The van der Waals surface area contributed by atoms with E-state index in [1.54, 1.807) is 11.3 Å². The summed E-state index contributed by atoms with van der Waals surface area (Å²) in [5.74, 6) is 0.230. The number of pyridine rings is 1. The summed E-state index contributed by atoms with van der Waals surface area (Å²) in [6, 6.07) is 4.22. The van der Waals surface area contributed by atoms with Crippen LogP contribution in [0.2, 0.25) is 0 Å². The molecule has 0 fully saturated rings. The highest BCUT2D eigenvalue weighted by molar-refractivity contribution is 7.08. The lowest BCUT2D eigenvalue weighted by atomic mass is 9.81. The Labute approximate surface area is 111 Å². The van der Waals surface area contributed by atoms with Crippen LogP contribution in [0.1, 0.15) is 36.5 Å². The predicted molar refractivity (Wildman–Crippen MR) is 76.5 cm³/mol. The van der Waals surface area contributed by atoms with Crippen LogP contribution >= 0.6 is 11.3 Å². The summed E-state index contributed by atoms with van der Waals surface area (Å²) in [5, 5.41) is 4.30. The van der Waals surface area contributed by atoms with Gasteiger partial charge in [-0.1, -0.05) is 6.08 Å². The highest BCUT2D eigenvalue weighted by atomic mass is 32.1. The van der Waals surface area contributed by atoms with Crippen LogP contribution in [0.5, 0.6) is 0 Å². The fourth-order valence-electron chi connectivity index (χ4n) is 3.02. The monoisotopic (exact) mass is 256 g/mol. The molecule has 92 valence electrons. The van der Waals surface area contributed by atoms with E-state index in [-0.39, 0.29) is 11.5 Å². The number of aromatic nitrogens is 1. The van der Waals surface area contributed by atoms with Gasteiger partial charge in [0.05, 0.1) is 0 Å². The highest BCUT2D eigenvalue weighted by Crippen LogP contribution is 2.52. The molecule has 0 aliphatic heterocycles. The van der Waals surface area contributed by atoms with Crippen molar-refractivity contribution in [1.29, 1.82) is 0 Å². The van der Waals surface area contributed by atoms with Crippen LogP contribution in [0.4, 0.5) is 0 Å². The summed E-state index contributed by atoms with van der Waals surface area (Å²) >= 11 is 1.72. The second kappa shape index (κ2) is 4.04. The average Bonchev–Trinajstić information content (AvgIpc) is 2.94. The molecule has 0 saturated carbocycles. The van der Waals surface area contributed by atoms with E-state index in [1.165, 1.54) is 22.3 Å². The zero-order valence-corrected chi connectivity index (χ0v) is 11.4. The molecular formula is C15H16N2S. The number of rotatable bonds is 1. The van der Waals surface area contributed by atoms with Gasteiger partial charge in [0.15, 0.2) is 0 Å². The van der Waals surface area contributed by atoms with E-state index in [1.807, 2.05) is 18.5 Å². The van der Waals surface area contributed by atoms with Crippen molar-refractivity contribution in [3.63, 3.8) is 0 Å². The van der Waals surface area contributed by atoms with Crippen LogP contribution in [0, 0.1) is 0 Å². The van der Waals surface area contributed by atoms with Gasteiger partial charge in [-0.2, -0.15) is 11.3 Å². The summed E-state index contributed by atoms with van der Waals surface area (Å²) in [5.41, 5.74) is 11.3. The average molecular weight is 256 g/mol. The zero-order chi connectivity index (χ0) is 12.8. The van der Waals surface area contributed by atoms with Crippen molar-refractivity contribution >= 4 is 16.9 Å².